The number of carbonyl (C=O) groups excluding carboxylic acids is 1. The smallest absolute Gasteiger partial charge is 0.339 e. The first kappa shape index (κ1) is 14.8. The third-order valence-electron chi connectivity index (χ3n) is 2.71. The van der Waals surface area contributed by atoms with Gasteiger partial charge in [0.2, 0.25) is 0 Å². The number of aromatic hydroxyl groups is 1. The first-order valence-corrected chi connectivity index (χ1v) is 6.10. The number of hydrogen-bond donors (Lipinski definition) is 3. The van der Waals surface area contributed by atoms with Crippen LogP contribution in [0.5, 0.6) is 5.75 Å². The van der Waals surface area contributed by atoms with E-state index in [1.54, 1.807) is 0 Å². The van der Waals surface area contributed by atoms with Crippen LogP contribution in [0, 0.1) is 5.82 Å². The summed E-state index contributed by atoms with van der Waals surface area (Å²) in [4.78, 5) is 22.9. The lowest BCUT2D eigenvalue weighted by Gasteiger charge is -2.10. The molecule has 2 aromatic rings. The van der Waals surface area contributed by atoms with Crippen LogP contribution in [-0.4, -0.2) is 22.1 Å². The van der Waals surface area contributed by atoms with E-state index in [1.807, 2.05) is 0 Å². The van der Waals surface area contributed by atoms with Gasteiger partial charge in [-0.2, -0.15) is 0 Å². The zero-order chi connectivity index (χ0) is 15.6. The van der Waals surface area contributed by atoms with Crippen molar-refractivity contribution in [2.24, 2.45) is 0 Å². The van der Waals surface area contributed by atoms with E-state index in [1.165, 1.54) is 30.3 Å². The fourth-order valence-corrected chi connectivity index (χ4v) is 1.90. The quantitative estimate of drug-likeness (QED) is 0.760. The second kappa shape index (κ2) is 5.80. The minimum absolute atomic E-state index is 0.111. The van der Waals surface area contributed by atoms with Crippen molar-refractivity contribution in [2.75, 3.05) is 5.32 Å². The average Bonchev–Trinajstić information content (AvgIpc) is 2.43. The fourth-order valence-electron chi connectivity index (χ4n) is 1.69. The fraction of sp³-hybridized carbons (Fsp3) is 0. The van der Waals surface area contributed by atoms with Crippen LogP contribution in [0.4, 0.5) is 10.1 Å². The third-order valence-corrected chi connectivity index (χ3v) is 3.09. The van der Waals surface area contributed by atoms with Crippen LogP contribution in [-0.2, 0) is 0 Å². The van der Waals surface area contributed by atoms with Crippen LogP contribution in [0.2, 0.25) is 5.02 Å². The van der Waals surface area contributed by atoms with Crippen molar-refractivity contribution in [2.45, 2.75) is 0 Å². The molecule has 0 aliphatic heterocycles. The van der Waals surface area contributed by atoms with Crippen molar-refractivity contribution >= 4 is 29.2 Å². The molecule has 2 aromatic carbocycles. The highest BCUT2D eigenvalue weighted by Gasteiger charge is 2.17. The van der Waals surface area contributed by atoms with Crippen LogP contribution < -0.4 is 5.32 Å². The third kappa shape index (κ3) is 2.95. The summed E-state index contributed by atoms with van der Waals surface area (Å²) in [6.45, 7) is 0. The van der Waals surface area contributed by atoms with Gasteiger partial charge in [-0.3, -0.25) is 4.79 Å². The first-order valence-electron chi connectivity index (χ1n) is 5.72. The maximum absolute atomic E-state index is 13.3. The molecular formula is C14H9ClFNO4. The number of halogens is 2. The number of phenols is 1. The molecule has 0 atom stereocenters. The summed E-state index contributed by atoms with van der Waals surface area (Å²) in [7, 11) is 0. The van der Waals surface area contributed by atoms with E-state index in [-0.39, 0.29) is 21.8 Å². The number of benzene rings is 2. The van der Waals surface area contributed by atoms with Gasteiger partial charge in [0.25, 0.3) is 5.91 Å². The van der Waals surface area contributed by atoms with Gasteiger partial charge in [-0.1, -0.05) is 23.7 Å². The molecule has 0 saturated carbocycles. The molecule has 0 heterocycles. The molecule has 21 heavy (non-hydrogen) atoms. The number of carbonyl (C=O) groups is 2. The summed E-state index contributed by atoms with van der Waals surface area (Å²) < 4.78 is 13.3. The Hall–Kier alpha value is -2.60. The molecule has 1 amide bonds. The molecule has 0 radical (unpaired) electrons. The van der Waals surface area contributed by atoms with E-state index < -0.39 is 23.4 Å². The number of aromatic carboxylic acids is 1. The number of nitrogens with one attached hydrogen (secondary N) is 1. The second-order valence-electron chi connectivity index (χ2n) is 4.06. The largest absolute Gasteiger partial charge is 0.505 e. The lowest BCUT2D eigenvalue weighted by Crippen LogP contribution is -2.13. The zero-order valence-corrected chi connectivity index (χ0v) is 11.2. The molecule has 2 rings (SSSR count). The van der Waals surface area contributed by atoms with Gasteiger partial charge in [0.15, 0.2) is 5.75 Å². The topological polar surface area (TPSA) is 86.6 Å². The van der Waals surface area contributed by atoms with Crippen molar-refractivity contribution in [3.8, 4) is 5.75 Å². The summed E-state index contributed by atoms with van der Waals surface area (Å²) in [6.07, 6.45) is 0. The van der Waals surface area contributed by atoms with E-state index in [0.29, 0.717) is 0 Å². The monoisotopic (exact) mass is 309 g/mol. The van der Waals surface area contributed by atoms with Crippen LogP contribution in [0.15, 0.2) is 36.4 Å². The van der Waals surface area contributed by atoms with Gasteiger partial charge in [-0.15, -0.1) is 0 Å². The van der Waals surface area contributed by atoms with E-state index in [0.717, 1.165) is 6.07 Å². The Bertz CT molecular complexity index is 733. The van der Waals surface area contributed by atoms with Crippen molar-refractivity contribution in [3.05, 3.63) is 58.4 Å². The summed E-state index contributed by atoms with van der Waals surface area (Å²) in [6, 6.07) is 7.56. The standard InChI is InChI=1S/C14H9ClFNO4/c15-11-7(3-1-5-9(11)16)13(19)17-10-6-2-4-8(12(10)18)14(20)21/h1-6,18H,(H,17,19)(H,20,21). The summed E-state index contributed by atoms with van der Waals surface area (Å²) in [5.41, 5.74) is -0.602. The van der Waals surface area contributed by atoms with E-state index in [9.17, 15) is 19.1 Å². The molecule has 0 aliphatic carbocycles. The Morgan fingerprint density at radius 2 is 1.71 bits per heavy atom. The molecule has 0 aliphatic rings. The van der Waals surface area contributed by atoms with Crippen LogP contribution in [0.3, 0.4) is 0 Å². The minimum atomic E-state index is -1.34. The molecule has 0 unspecified atom stereocenters. The highest BCUT2D eigenvalue weighted by Crippen LogP contribution is 2.29. The van der Waals surface area contributed by atoms with Crippen LogP contribution in [0.25, 0.3) is 0 Å². The lowest BCUT2D eigenvalue weighted by atomic mass is 10.1. The first-order chi connectivity index (χ1) is 9.91. The Morgan fingerprint density at radius 1 is 1.10 bits per heavy atom. The number of carboxylic acids is 1. The molecule has 0 fully saturated rings. The lowest BCUT2D eigenvalue weighted by molar-refractivity contribution is 0.0693. The number of amides is 1. The predicted molar refractivity (Wildman–Crippen MR) is 74.4 cm³/mol. The van der Waals surface area contributed by atoms with Crippen LogP contribution >= 0.6 is 11.6 Å². The Morgan fingerprint density at radius 3 is 2.38 bits per heavy atom. The number of carboxylic acid groups (broad SMARTS) is 1. The summed E-state index contributed by atoms with van der Waals surface area (Å²) >= 11 is 5.68. The molecule has 108 valence electrons. The van der Waals surface area contributed by atoms with Gasteiger partial charge >= 0.3 is 5.97 Å². The molecular weight excluding hydrogens is 301 g/mol. The van der Waals surface area contributed by atoms with Gasteiger partial charge in [-0.05, 0) is 24.3 Å². The summed E-state index contributed by atoms with van der Waals surface area (Å²) in [5.74, 6) is -3.46. The average molecular weight is 310 g/mol. The number of hydrogen-bond acceptors (Lipinski definition) is 3. The van der Waals surface area contributed by atoms with E-state index in [2.05, 4.69) is 5.32 Å². The molecule has 5 nitrogen and oxygen atoms in total. The van der Waals surface area contributed by atoms with Gasteiger partial charge in [0, 0.05) is 0 Å². The number of para-hydroxylation sites is 1. The molecule has 7 heteroatoms. The molecule has 0 saturated heterocycles. The Balaban J connectivity index is 2.34. The van der Waals surface area contributed by atoms with Gasteiger partial charge in [0.1, 0.15) is 11.4 Å². The maximum Gasteiger partial charge on any atom is 0.339 e. The second-order valence-corrected chi connectivity index (χ2v) is 4.44. The van der Waals surface area contributed by atoms with Crippen molar-refractivity contribution in [1.82, 2.24) is 0 Å². The Kier molecular flexibility index (Phi) is 4.09. The zero-order valence-electron chi connectivity index (χ0n) is 10.4. The highest BCUT2D eigenvalue weighted by molar-refractivity contribution is 6.34. The molecule has 0 aromatic heterocycles. The van der Waals surface area contributed by atoms with Crippen LogP contribution in [0.1, 0.15) is 20.7 Å². The Labute approximate surface area is 123 Å². The normalized spacial score (nSPS) is 10.2. The highest BCUT2D eigenvalue weighted by atomic mass is 35.5. The number of anilines is 1. The maximum atomic E-state index is 13.3. The van der Waals surface area contributed by atoms with Gasteiger partial charge in [0.05, 0.1) is 16.3 Å². The molecule has 0 bridgehead atoms. The number of rotatable bonds is 3. The summed E-state index contributed by atoms with van der Waals surface area (Å²) in [5, 5.41) is 20.6. The van der Waals surface area contributed by atoms with Gasteiger partial charge in [-0.25, -0.2) is 9.18 Å². The van der Waals surface area contributed by atoms with Crippen molar-refractivity contribution in [3.63, 3.8) is 0 Å². The van der Waals surface area contributed by atoms with Crippen molar-refractivity contribution in [1.29, 1.82) is 0 Å². The van der Waals surface area contributed by atoms with E-state index in [4.69, 9.17) is 16.7 Å². The van der Waals surface area contributed by atoms with Gasteiger partial charge < -0.3 is 15.5 Å². The van der Waals surface area contributed by atoms with E-state index >= 15 is 0 Å². The van der Waals surface area contributed by atoms with Crippen molar-refractivity contribution < 1.29 is 24.2 Å². The minimum Gasteiger partial charge on any atom is -0.505 e. The predicted octanol–water partition coefficient (Wildman–Crippen LogP) is 3.14. The SMILES string of the molecule is O=C(O)c1cccc(NC(=O)c2cccc(F)c2Cl)c1O. The molecule has 3 N–H and O–H groups in total. The molecule has 0 spiro atoms.